The summed E-state index contributed by atoms with van der Waals surface area (Å²) in [4.78, 5) is 11.5. The minimum atomic E-state index is -0.207. The van der Waals surface area contributed by atoms with Gasteiger partial charge >= 0.3 is 0 Å². The van der Waals surface area contributed by atoms with E-state index in [4.69, 9.17) is 9.26 Å². The van der Waals surface area contributed by atoms with E-state index in [2.05, 4.69) is 10.5 Å². The summed E-state index contributed by atoms with van der Waals surface area (Å²) in [5.74, 6) is 1.15. The van der Waals surface area contributed by atoms with Crippen LogP contribution in [0.2, 0.25) is 0 Å². The molecule has 18 heavy (non-hydrogen) atoms. The molecule has 2 N–H and O–H groups in total. The highest BCUT2D eigenvalue weighted by Crippen LogP contribution is 2.24. The number of nitrogens with zero attached hydrogens (tertiary/aromatic N) is 1. The molecular weight excluding hydrogens is 236 g/mol. The summed E-state index contributed by atoms with van der Waals surface area (Å²) in [6.07, 6.45) is 2.35. The van der Waals surface area contributed by atoms with E-state index < -0.39 is 0 Å². The van der Waals surface area contributed by atoms with E-state index >= 15 is 0 Å². The Balaban J connectivity index is 1.63. The van der Waals surface area contributed by atoms with Crippen LogP contribution in [-0.4, -0.2) is 35.4 Å². The standard InChI is InChI=1S/C12H18N2O4/c1-8-4-12(14-18-8)17-7-11(16)13-6-9-2-3-10(15)5-9/h4,9-10,15H,2-3,5-7H2,1H3,(H,13,16). The number of aliphatic hydroxyl groups is 1. The van der Waals surface area contributed by atoms with E-state index in [1.165, 1.54) is 0 Å². The van der Waals surface area contributed by atoms with Crippen molar-refractivity contribution in [3.05, 3.63) is 11.8 Å². The van der Waals surface area contributed by atoms with Crippen LogP contribution in [0, 0.1) is 12.8 Å². The lowest BCUT2D eigenvalue weighted by Crippen LogP contribution is -2.32. The summed E-state index contributed by atoms with van der Waals surface area (Å²) in [5, 5.41) is 15.8. The van der Waals surface area contributed by atoms with E-state index in [0.29, 0.717) is 24.1 Å². The van der Waals surface area contributed by atoms with Gasteiger partial charge in [-0.25, -0.2) is 0 Å². The van der Waals surface area contributed by atoms with Crippen molar-refractivity contribution in [1.29, 1.82) is 0 Å². The lowest BCUT2D eigenvalue weighted by atomic mass is 10.1. The number of aryl methyl sites for hydroxylation is 1. The summed E-state index contributed by atoms with van der Waals surface area (Å²) in [6.45, 7) is 2.28. The molecule has 6 nitrogen and oxygen atoms in total. The molecule has 1 amide bonds. The molecule has 1 fully saturated rings. The summed E-state index contributed by atoms with van der Waals surface area (Å²) in [5.41, 5.74) is 0. The van der Waals surface area contributed by atoms with Gasteiger partial charge in [-0.3, -0.25) is 4.79 Å². The minimum Gasteiger partial charge on any atom is -0.465 e. The number of carbonyl (C=O) groups excluding carboxylic acids is 1. The lowest BCUT2D eigenvalue weighted by molar-refractivity contribution is -0.123. The largest absolute Gasteiger partial charge is 0.465 e. The summed E-state index contributed by atoms with van der Waals surface area (Å²) >= 11 is 0. The molecule has 2 rings (SSSR count). The Bertz CT molecular complexity index is 405. The highest BCUT2D eigenvalue weighted by atomic mass is 16.5. The summed E-state index contributed by atoms with van der Waals surface area (Å²) in [7, 11) is 0. The maximum atomic E-state index is 11.5. The second kappa shape index (κ2) is 5.86. The minimum absolute atomic E-state index is 0.0682. The van der Waals surface area contributed by atoms with E-state index in [9.17, 15) is 9.90 Å². The van der Waals surface area contributed by atoms with E-state index in [1.54, 1.807) is 13.0 Å². The monoisotopic (exact) mass is 254 g/mol. The zero-order chi connectivity index (χ0) is 13.0. The molecule has 1 aromatic heterocycles. The molecule has 0 saturated heterocycles. The van der Waals surface area contributed by atoms with Gasteiger partial charge < -0.3 is 19.7 Å². The Morgan fingerprint density at radius 2 is 2.50 bits per heavy atom. The molecule has 0 radical (unpaired) electrons. The van der Waals surface area contributed by atoms with Gasteiger partial charge in [-0.2, -0.15) is 0 Å². The highest BCUT2D eigenvalue weighted by Gasteiger charge is 2.22. The molecule has 100 valence electrons. The first-order valence-corrected chi connectivity index (χ1v) is 6.14. The smallest absolute Gasteiger partial charge is 0.258 e. The lowest BCUT2D eigenvalue weighted by Gasteiger charge is -2.10. The van der Waals surface area contributed by atoms with Crippen molar-refractivity contribution in [3.8, 4) is 5.88 Å². The predicted molar refractivity (Wildman–Crippen MR) is 63.1 cm³/mol. The molecule has 1 aliphatic rings. The molecule has 6 heteroatoms. The van der Waals surface area contributed by atoms with Gasteiger partial charge in [0.15, 0.2) is 6.61 Å². The highest BCUT2D eigenvalue weighted by molar-refractivity contribution is 5.77. The zero-order valence-corrected chi connectivity index (χ0v) is 10.4. The molecule has 1 aliphatic carbocycles. The number of hydrogen-bond acceptors (Lipinski definition) is 5. The van der Waals surface area contributed by atoms with Crippen molar-refractivity contribution >= 4 is 5.91 Å². The normalized spacial score (nSPS) is 23.0. The number of nitrogens with one attached hydrogen (secondary N) is 1. The van der Waals surface area contributed by atoms with Gasteiger partial charge in [-0.1, -0.05) is 0 Å². The van der Waals surface area contributed by atoms with Crippen LogP contribution in [0.5, 0.6) is 5.88 Å². The Morgan fingerprint density at radius 1 is 1.67 bits per heavy atom. The van der Waals surface area contributed by atoms with Crippen LogP contribution in [-0.2, 0) is 4.79 Å². The third-order valence-electron chi connectivity index (χ3n) is 3.06. The molecule has 0 bridgehead atoms. The first-order valence-electron chi connectivity index (χ1n) is 6.14. The summed E-state index contributed by atoms with van der Waals surface area (Å²) in [6, 6.07) is 1.63. The van der Waals surface area contributed by atoms with Crippen molar-refractivity contribution in [3.63, 3.8) is 0 Å². The second-order valence-electron chi connectivity index (χ2n) is 4.70. The maximum Gasteiger partial charge on any atom is 0.258 e. The molecule has 0 aromatic carbocycles. The number of aliphatic hydroxyl groups excluding tert-OH is 1. The number of ether oxygens (including phenoxy) is 1. The number of rotatable bonds is 5. The van der Waals surface area contributed by atoms with Gasteiger partial charge in [-0.05, 0) is 37.3 Å². The van der Waals surface area contributed by atoms with Gasteiger partial charge in [0.2, 0.25) is 0 Å². The molecule has 1 saturated carbocycles. The number of amides is 1. The van der Waals surface area contributed by atoms with Crippen molar-refractivity contribution in [1.82, 2.24) is 10.5 Å². The fraction of sp³-hybridized carbons (Fsp3) is 0.667. The van der Waals surface area contributed by atoms with Gasteiger partial charge in [0.1, 0.15) is 5.76 Å². The van der Waals surface area contributed by atoms with Crippen LogP contribution in [0.15, 0.2) is 10.6 Å². The second-order valence-corrected chi connectivity index (χ2v) is 4.70. The molecule has 2 atom stereocenters. The van der Waals surface area contributed by atoms with Crippen LogP contribution >= 0.6 is 0 Å². The fourth-order valence-electron chi connectivity index (χ4n) is 2.09. The Hall–Kier alpha value is -1.56. The van der Waals surface area contributed by atoms with E-state index in [1.807, 2.05) is 0 Å². The molecular formula is C12H18N2O4. The predicted octanol–water partition coefficient (Wildman–Crippen LogP) is 0.639. The average molecular weight is 254 g/mol. The van der Waals surface area contributed by atoms with Crippen LogP contribution in [0.1, 0.15) is 25.0 Å². The Morgan fingerprint density at radius 3 is 3.11 bits per heavy atom. The molecule has 1 heterocycles. The SMILES string of the molecule is Cc1cc(OCC(=O)NCC2CCC(O)C2)no1. The molecule has 2 unspecified atom stereocenters. The summed E-state index contributed by atoms with van der Waals surface area (Å²) < 4.78 is 9.97. The van der Waals surface area contributed by atoms with Crippen LogP contribution in [0.3, 0.4) is 0 Å². The van der Waals surface area contributed by atoms with Gasteiger partial charge in [-0.15, -0.1) is 0 Å². The van der Waals surface area contributed by atoms with Crippen LogP contribution < -0.4 is 10.1 Å². The van der Waals surface area contributed by atoms with Crippen molar-refractivity contribution < 1.29 is 19.2 Å². The third-order valence-corrected chi connectivity index (χ3v) is 3.06. The molecule has 0 aliphatic heterocycles. The van der Waals surface area contributed by atoms with Gasteiger partial charge in [0.05, 0.1) is 6.10 Å². The van der Waals surface area contributed by atoms with Crippen molar-refractivity contribution in [2.75, 3.05) is 13.2 Å². The third kappa shape index (κ3) is 3.73. The van der Waals surface area contributed by atoms with E-state index in [-0.39, 0.29) is 18.6 Å². The average Bonchev–Trinajstić information content (AvgIpc) is 2.93. The van der Waals surface area contributed by atoms with E-state index in [0.717, 1.165) is 19.3 Å². The first-order chi connectivity index (χ1) is 8.63. The number of hydrogen-bond donors (Lipinski definition) is 2. The van der Waals surface area contributed by atoms with Crippen LogP contribution in [0.4, 0.5) is 0 Å². The van der Waals surface area contributed by atoms with Crippen molar-refractivity contribution in [2.24, 2.45) is 5.92 Å². The van der Waals surface area contributed by atoms with Gasteiger partial charge in [0.25, 0.3) is 11.8 Å². The topological polar surface area (TPSA) is 84.6 Å². The molecule has 1 aromatic rings. The fourth-order valence-corrected chi connectivity index (χ4v) is 2.09. The quantitative estimate of drug-likeness (QED) is 0.805. The number of carbonyl (C=O) groups is 1. The Labute approximate surface area is 105 Å². The molecule has 0 spiro atoms. The van der Waals surface area contributed by atoms with Crippen molar-refractivity contribution in [2.45, 2.75) is 32.3 Å². The zero-order valence-electron chi connectivity index (χ0n) is 10.4. The van der Waals surface area contributed by atoms with Gasteiger partial charge in [0, 0.05) is 12.6 Å². The maximum absolute atomic E-state index is 11.5. The number of aromatic nitrogens is 1. The first kappa shape index (κ1) is 12.9. The van der Waals surface area contributed by atoms with Crippen LogP contribution in [0.25, 0.3) is 0 Å². The Kier molecular flexibility index (Phi) is 4.19.